The second-order valence-electron chi connectivity index (χ2n) is 2.47. The minimum atomic E-state index is 0.471. The lowest BCUT2D eigenvalue weighted by atomic mass is 10.6. The van der Waals surface area contributed by atoms with Gasteiger partial charge in [0.2, 0.25) is 5.95 Å². The van der Waals surface area contributed by atoms with Crippen molar-refractivity contribution in [2.24, 2.45) is 7.05 Å². The first-order valence-electron chi connectivity index (χ1n) is 3.56. The van der Waals surface area contributed by atoms with Crippen LogP contribution in [0.1, 0.15) is 0 Å². The second kappa shape index (κ2) is 2.37. The number of imidazole rings is 1. The molecule has 0 spiro atoms. The number of nitrogens with zero attached hydrogens (tertiary/aromatic N) is 4. The van der Waals surface area contributed by atoms with Gasteiger partial charge in [-0.1, -0.05) is 0 Å². The van der Waals surface area contributed by atoms with Gasteiger partial charge >= 0.3 is 0 Å². The molecular weight excluding hydrogens is 154 g/mol. The van der Waals surface area contributed by atoms with Gasteiger partial charge < -0.3 is 5.73 Å². The van der Waals surface area contributed by atoms with Crippen molar-refractivity contribution < 1.29 is 0 Å². The van der Waals surface area contributed by atoms with E-state index in [0.717, 1.165) is 5.82 Å². The molecule has 12 heavy (non-hydrogen) atoms. The first kappa shape index (κ1) is 6.90. The third-order valence-electron chi connectivity index (χ3n) is 1.71. The zero-order valence-corrected chi connectivity index (χ0v) is 6.68. The summed E-state index contributed by atoms with van der Waals surface area (Å²) in [5.74, 6) is 1.38. The molecule has 0 aliphatic heterocycles. The van der Waals surface area contributed by atoms with E-state index in [0.29, 0.717) is 5.95 Å². The molecule has 2 N–H and O–H groups in total. The molecule has 2 aromatic heterocycles. The van der Waals surface area contributed by atoms with Crippen molar-refractivity contribution in [2.45, 2.75) is 0 Å². The van der Waals surface area contributed by atoms with Crippen LogP contribution < -0.4 is 5.73 Å². The minimum absolute atomic E-state index is 0.471. The summed E-state index contributed by atoms with van der Waals surface area (Å²) in [6.07, 6.45) is 5.17. The van der Waals surface area contributed by atoms with Gasteiger partial charge in [-0.2, -0.15) is 5.10 Å². The standard InChI is InChI=1S/C7H9N5/c1-11-6(2-3-10-11)12-5-4-9-7(12)8/h2-5H,1H3,(H2,8,9). The third kappa shape index (κ3) is 0.868. The smallest absolute Gasteiger partial charge is 0.205 e. The van der Waals surface area contributed by atoms with Gasteiger partial charge in [0.25, 0.3) is 0 Å². The Kier molecular flexibility index (Phi) is 1.36. The Morgan fingerprint density at radius 3 is 2.75 bits per heavy atom. The Hall–Kier alpha value is -1.78. The molecule has 0 amide bonds. The van der Waals surface area contributed by atoms with Crippen LogP contribution >= 0.6 is 0 Å². The van der Waals surface area contributed by atoms with Gasteiger partial charge in [0, 0.05) is 25.5 Å². The van der Waals surface area contributed by atoms with Crippen molar-refractivity contribution in [2.75, 3.05) is 5.73 Å². The summed E-state index contributed by atoms with van der Waals surface area (Å²) >= 11 is 0. The molecule has 0 radical (unpaired) electrons. The zero-order chi connectivity index (χ0) is 8.55. The predicted molar refractivity (Wildman–Crippen MR) is 44.7 cm³/mol. The number of rotatable bonds is 1. The van der Waals surface area contributed by atoms with Crippen molar-refractivity contribution in [1.82, 2.24) is 19.3 Å². The van der Waals surface area contributed by atoms with Crippen molar-refractivity contribution >= 4 is 5.95 Å². The zero-order valence-electron chi connectivity index (χ0n) is 6.68. The fourth-order valence-corrected chi connectivity index (χ4v) is 1.11. The summed E-state index contributed by atoms with van der Waals surface area (Å²) in [5.41, 5.74) is 5.61. The highest BCUT2D eigenvalue weighted by Crippen LogP contribution is 2.09. The summed E-state index contributed by atoms with van der Waals surface area (Å²) in [7, 11) is 1.86. The van der Waals surface area contributed by atoms with Gasteiger partial charge in [-0.25, -0.2) is 4.98 Å². The number of nitrogens with two attached hydrogens (primary N) is 1. The van der Waals surface area contributed by atoms with Gasteiger partial charge in [-0.15, -0.1) is 0 Å². The average Bonchev–Trinajstić information content (AvgIpc) is 2.59. The molecule has 0 aliphatic carbocycles. The molecule has 0 saturated carbocycles. The Balaban J connectivity index is 2.57. The molecule has 5 heteroatoms. The van der Waals surface area contributed by atoms with Crippen molar-refractivity contribution in [1.29, 1.82) is 0 Å². The van der Waals surface area contributed by atoms with E-state index in [9.17, 15) is 0 Å². The number of aromatic nitrogens is 4. The van der Waals surface area contributed by atoms with Gasteiger partial charge in [0.05, 0.1) is 6.20 Å². The predicted octanol–water partition coefficient (Wildman–Crippen LogP) is 0.188. The maximum absolute atomic E-state index is 5.61. The Labute approximate surface area is 69.4 Å². The lowest BCUT2D eigenvalue weighted by Gasteiger charge is -2.03. The fourth-order valence-electron chi connectivity index (χ4n) is 1.11. The first-order chi connectivity index (χ1) is 5.79. The largest absolute Gasteiger partial charge is 0.369 e. The van der Waals surface area contributed by atoms with Crippen LogP contribution in [0.5, 0.6) is 0 Å². The molecule has 62 valence electrons. The van der Waals surface area contributed by atoms with E-state index in [1.165, 1.54) is 0 Å². The highest BCUT2D eigenvalue weighted by molar-refractivity contribution is 5.32. The topological polar surface area (TPSA) is 61.7 Å². The van der Waals surface area contributed by atoms with Crippen LogP contribution in [0, 0.1) is 0 Å². The van der Waals surface area contributed by atoms with Gasteiger partial charge in [-0.05, 0) is 0 Å². The normalized spacial score (nSPS) is 10.4. The second-order valence-corrected chi connectivity index (χ2v) is 2.47. The van der Waals surface area contributed by atoms with Crippen LogP contribution in [0.4, 0.5) is 5.95 Å². The number of aryl methyl sites for hydroxylation is 1. The van der Waals surface area contributed by atoms with Gasteiger partial charge in [0.1, 0.15) is 5.82 Å². The lowest BCUT2D eigenvalue weighted by molar-refractivity contribution is 0.732. The molecular formula is C7H9N5. The molecule has 5 nitrogen and oxygen atoms in total. The number of nitrogen functional groups attached to an aromatic ring is 1. The molecule has 0 aromatic carbocycles. The average molecular weight is 163 g/mol. The molecule has 2 rings (SSSR count). The quantitative estimate of drug-likeness (QED) is 0.652. The van der Waals surface area contributed by atoms with Crippen molar-refractivity contribution in [3.8, 4) is 5.82 Å². The number of anilines is 1. The van der Waals surface area contributed by atoms with Crippen LogP contribution in [0.3, 0.4) is 0 Å². The van der Waals surface area contributed by atoms with E-state index in [1.807, 2.05) is 13.1 Å². The maximum atomic E-state index is 5.61. The summed E-state index contributed by atoms with van der Waals surface area (Å²) in [6.45, 7) is 0. The van der Waals surface area contributed by atoms with Crippen LogP contribution in [-0.2, 0) is 7.05 Å². The molecule has 2 aromatic rings. The molecule has 0 aliphatic rings. The molecule has 0 fully saturated rings. The molecule has 0 atom stereocenters. The Morgan fingerprint density at radius 2 is 2.25 bits per heavy atom. The van der Waals surface area contributed by atoms with E-state index in [2.05, 4.69) is 10.1 Å². The van der Waals surface area contributed by atoms with Crippen LogP contribution in [0.15, 0.2) is 24.7 Å². The Morgan fingerprint density at radius 1 is 1.42 bits per heavy atom. The van der Waals surface area contributed by atoms with Crippen molar-refractivity contribution in [3.63, 3.8) is 0 Å². The highest BCUT2D eigenvalue weighted by Gasteiger charge is 2.03. The van der Waals surface area contributed by atoms with Crippen molar-refractivity contribution in [3.05, 3.63) is 24.7 Å². The first-order valence-corrected chi connectivity index (χ1v) is 3.56. The van der Waals surface area contributed by atoms with E-state index in [1.54, 1.807) is 27.8 Å². The van der Waals surface area contributed by atoms with Crippen LogP contribution in [0.2, 0.25) is 0 Å². The summed E-state index contributed by atoms with van der Waals surface area (Å²) in [6, 6.07) is 1.87. The third-order valence-corrected chi connectivity index (χ3v) is 1.71. The maximum Gasteiger partial charge on any atom is 0.205 e. The van der Waals surface area contributed by atoms with E-state index in [-0.39, 0.29) is 0 Å². The molecule has 0 bridgehead atoms. The van der Waals surface area contributed by atoms with Gasteiger partial charge in [-0.3, -0.25) is 9.25 Å². The van der Waals surface area contributed by atoms with Gasteiger partial charge in [0.15, 0.2) is 0 Å². The molecule has 2 heterocycles. The number of hydrogen-bond acceptors (Lipinski definition) is 3. The Bertz CT molecular complexity index is 348. The minimum Gasteiger partial charge on any atom is -0.369 e. The highest BCUT2D eigenvalue weighted by atomic mass is 15.3. The summed E-state index contributed by atoms with van der Waals surface area (Å²) in [4.78, 5) is 3.91. The monoisotopic (exact) mass is 163 g/mol. The molecule has 0 saturated heterocycles. The van der Waals surface area contributed by atoms with E-state index in [4.69, 9.17) is 5.73 Å². The van der Waals surface area contributed by atoms with Crippen LogP contribution in [-0.4, -0.2) is 19.3 Å². The van der Waals surface area contributed by atoms with Crippen LogP contribution in [0.25, 0.3) is 5.82 Å². The fraction of sp³-hybridized carbons (Fsp3) is 0.143. The summed E-state index contributed by atoms with van der Waals surface area (Å²) < 4.78 is 3.50. The SMILES string of the molecule is Cn1nccc1-n1ccnc1N. The summed E-state index contributed by atoms with van der Waals surface area (Å²) in [5, 5.41) is 4.03. The lowest BCUT2D eigenvalue weighted by Crippen LogP contribution is -2.05. The number of hydrogen-bond donors (Lipinski definition) is 1. The van der Waals surface area contributed by atoms with E-state index < -0.39 is 0 Å². The molecule has 0 unspecified atom stereocenters. The van der Waals surface area contributed by atoms with E-state index >= 15 is 0 Å².